The molecule has 170 valence electrons. The van der Waals surface area contributed by atoms with Crippen LogP contribution in [0.25, 0.3) is 0 Å². The van der Waals surface area contributed by atoms with Gasteiger partial charge in [-0.25, -0.2) is 8.78 Å². The summed E-state index contributed by atoms with van der Waals surface area (Å²) in [5, 5.41) is 2.93. The van der Waals surface area contributed by atoms with Gasteiger partial charge in [0, 0.05) is 25.8 Å². The fourth-order valence-corrected chi connectivity index (χ4v) is 4.24. The van der Waals surface area contributed by atoms with E-state index < -0.39 is 17.8 Å². The highest BCUT2D eigenvalue weighted by Crippen LogP contribution is 2.42. The first kappa shape index (κ1) is 22.6. The Morgan fingerprint density at radius 3 is 2.27 bits per heavy atom. The Hall–Kier alpha value is -3.58. The molecule has 0 saturated carbocycles. The van der Waals surface area contributed by atoms with Gasteiger partial charge >= 0.3 is 0 Å². The van der Waals surface area contributed by atoms with E-state index in [9.17, 15) is 18.4 Å². The lowest BCUT2D eigenvalue weighted by atomic mass is 9.79. The number of methoxy groups -OCH3 is 1. The van der Waals surface area contributed by atoms with Crippen molar-refractivity contribution in [1.82, 2.24) is 10.2 Å². The Kier molecular flexibility index (Phi) is 6.79. The van der Waals surface area contributed by atoms with Crippen molar-refractivity contribution in [2.24, 2.45) is 0 Å². The van der Waals surface area contributed by atoms with Gasteiger partial charge in [-0.3, -0.25) is 9.59 Å². The highest BCUT2D eigenvalue weighted by atomic mass is 19.1. The van der Waals surface area contributed by atoms with Crippen LogP contribution in [0.5, 0.6) is 0 Å². The first-order valence-electron chi connectivity index (χ1n) is 10.7. The Labute approximate surface area is 191 Å². The molecule has 0 aromatic heterocycles. The van der Waals surface area contributed by atoms with Gasteiger partial charge in [0.1, 0.15) is 11.6 Å². The van der Waals surface area contributed by atoms with Crippen LogP contribution in [0.15, 0.2) is 72.8 Å². The van der Waals surface area contributed by atoms with Crippen LogP contribution in [-0.2, 0) is 16.1 Å². The summed E-state index contributed by atoms with van der Waals surface area (Å²) in [5.41, 5.74) is 2.47. The van der Waals surface area contributed by atoms with Crippen molar-refractivity contribution in [3.05, 3.63) is 107 Å². The molecule has 0 saturated heterocycles. The normalized spacial score (nSPS) is 17.5. The summed E-state index contributed by atoms with van der Waals surface area (Å²) in [6.45, 7) is 0.767. The van der Waals surface area contributed by atoms with Gasteiger partial charge in [0.2, 0.25) is 5.91 Å². The molecule has 2 amide bonds. The van der Waals surface area contributed by atoms with Gasteiger partial charge in [0.25, 0.3) is 5.91 Å². The minimum Gasteiger partial charge on any atom is -0.383 e. The molecule has 0 radical (unpaired) electrons. The van der Waals surface area contributed by atoms with Crippen LogP contribution in [0, 0.1) is 11.6 Å². The second-order valence-corrected chi connectivity index (χ2v) is 7.90. The molecule has 4 rings (SSSR count). The average molecular weight is 450 g/mol. The topological polar surface area (TPSA) is 58.6 Å². The Balaban J connectivity index is 1.74. The van der Waals surface area contributed by atoms with E-state index in [-0.39, 0.29) is 37.3 Å². The van der Waals surface area contributed by atoms with Gasteiger partial charge in [-0.1, -0.05) is 42.5 Å². The van der Waals surface area contributed by atoms with Crippen LogP contribution < -0.4 is 5.32 Å². The van der Waals surface area contributed by atoms with E-state index in [1.54, 1.807) is 60.5 Å². The molecule has 2 unspecified atom stereocenters. The molecule has 0 fully saturated rings. The van der Waals surface area contributed by atoms with Gasteiger partial charge in [-0.15, -0.1) is 0 Å². The molecule has 5 nitrogen and oxygen atoms in total. The van der Waals surface area contributed by atoms with E-state index in [0.29, 0.717) is 16.7 Å². The zero-order valence-electron chi connectivity index (χ0n) is 18.1. The summed E-state index contributed by atoms with van der Waals surface area (Å²) in [5.74, 6) is -1.96. The third-order valence-corrected chi connectivity index (χ3v) is 5.85. The Morgan fingerprint density at radius 1 is 0.970 bits per heavy atom. The number of carbonyl (C=O) groups is 2. The molecule has 3 aromatic carbocycles. The SMILES string of the molecule is COCCN1C(=O)c2ccccc2C(C(=O)NCc2ccc(F)cc2)C1c1ccc(F)cc1. The number of rotatable bonds is 7. The number of hydrogen-bond acceptors (Lipinski definition) is 3. The minimum atomic E-state index is -0.721. The largest absolute Gasteiger partial charge is 0.383 e. The van der Waals surface area contributed by atoms with Gasteiger partial charge in [-0.2, -0.15) is 0 Å². The number of benzene rings is 3. The summed E-state index contributed by atoms with van der Waals surface area (Å²) < 4.78 is 32.1. The lowest BCUT2D eigenvalue weighted by Crippen LogP contribution is -2.48. The maximum absolute atomic E-state index is 13.7. The fourth-order valence-electron chi connectivity index (χ4n) is 4.24. The lowest BCUT2D eigenvalue weighted by Gasteiger charge is -2.41. The van der Waals surface area contributed by atoms with Gasteiger partial charge in [-0.05, 0) is 47.0 Å². The van der Waals surface area contributed by atoms with Gasteiger partial charge in [0.05, 0.1) is 18.6 Å². The molecule has 3 aromatic rings. The third kappa shape index (κ3) is 4.78. The first-order chi connectivity index (χ1) is 16.0. The maximum atomic E-state index is 13.7. The van der Waals surface area contributed by atoms with E-state index in [2.05, 4.69) is 5.32 Å². The van der Waals surface area contributed by atoms with Gasteiger partial charge < -0.3 is 15.0 Å². The van der Waals surface area contributed by atoms with Crippen LogP contribution >= 0.6 is 0 Å². The Morgan fingerprint density at radius 2 is 1.61 bits per heavy atom. The van der Waals surface area contributed by atoms with Crippen molar-refractivity contribution in [3.63, 3.8) is 0 Å². The minimum absolute atomic E-state index is 0.208. The van der Waals surface area contributed by atoms with E-state index in [0.717, 1.165) is 5.56 Å². The molecule has 2 atom stereocenters. The number of fused-ring (bicyclic) bond motifs is 1. The molecule has 7 heteroatoms. The Bertz CT molecular complexity index is 1130. The summed E-state index contributed by atoms with van der Waals surface area (Å²) >= 11 is 0. The van der Waals surface area contributed by atoms with E-state index in [4.69, 9.17) is 4.74 Å². The lowest BCUT2D eigenvalue weighted by molar-refractivity contribution is -0.124. The van der Waals surface area contributed by atoms with Crippen LogP contribution in [0.1, 0.15) is 39.0 Å². The summed E-state index contributed by atoms with van der Waals surface area (Å²) in [7, 11) is 1.54. The monoisotopic (exact) mass is 450 g/mol. The molecule has 1 N–H and O–H groups in total. The summed E-state index contributed by atoms with van der Waals surface area (Å²) in [6, 6.07) is 18.1. The van der Waals surface area contributed by atoms with Crippen LogP contribution in [0.2, 0.25) is 0 Å². The van der Waals surface area contributed by atoms with E-state index in [1.807, 2.05) is 0 Å². The molecular formula is C26H24F2N2O3. The number of hydrogen-bond donors (Lipinski definition) is 1. The van der Waals surface area contributed by atoms with Crippen molar-refractivity contribution in [3.8, 4) is 0 Å². The number of halogens is 2. The molecular weight excluding hydrogens is 426 g/mol. The summed E-state index contributed by atoms with van der Waals surface area (Å²) in [6.07, 6.45) is 0. The number of amides is 2. The maximum Gasteiger partial charge on any atom is 0.254 e. The second-order valence-electron chi connectivity index (χ2n) is 7.90. The highest BCUT2D eigenvalue weighted by molar-refractivity contribution is 6.01. The molecule has 0 spiro atoms. The molecule has 0 aliphatic carbocycles. The van der Waals surface area contributed by atoms with Crippen LogP contribution in [0.4, 0.5) is 8.78 Å². The van der Waals surface area contributed by atoms with Crippen molar-refractivity contribution in [1.29, 1.82) is 0 Å². The van der Waals surface area contributed by atoms with Crippen molar-refractivity contribution in [2.75, 3.05) is 20.3 Å². The number of carbonyl (C=O) groups excluding carboxylic acids is 2. The highest BCUT2D eigenvalue weighted by Gasteiger charge is 2.43. The smallest absolute Gasteiger partial charge is 0.254 e. The molecule has 0 bridgehead atoms. The average Bonchev–Trinajstić information content (AvgIpc) is 2.83. The summed E-state index contributed by atoms with van der Waals surface area (Å²) in [4.78, 5) is 28.5. The standard InChI is InChI=1S/C26H24F2N2O3/c1-33-15-14-30-24(18-8-12-20(28)13-9-18)23(21-4-2-3-5-22(21)26(30)32)25(31)29-16-17-6-10-19(27)11-7-17/h2-13,23-24H,14-16H2,1H3,(H,29,31). The predicted octanol–water partition coefficient (Wildman–Crippen LogP) is 4.21. The number of ether oxygens (including phenoxy) is 1. The fraction of sp³-hybridized carbons (Fsp3) is 0.231. The second kappa shape index (κ2) is 9.92. The van der Waals surface area contributed by atoms with Crippen LogP contribution in [-0.4, -0.2) is 37.0 Å². The zero-order valence-corrected chi connectivity index (χ0v) is 18.1. The molecule has 1 heterocycles. The van der Waals surface area contributed by atoms with E-state index >= 15 is 0 Å². The van der Waals surface area contributed by atoms with Gasteiger partial charge in [0.15, 0.2) is 0 Å². The zero-order chi connectivity index (χ0) is 23.4. The van der Waals surface area contributed by atoms with Crippen molar-refractivity contribution < 1.29 is 23.1 Å². The first-order valence-corrected chi connectivity index (χ1v) is 10.7. The predicted molar refractivity (Wildman–Crippen MR) is 119 cm³/mol. The number of nitrogens with one attached hydrogen (secondary N) is 1. The third-order valence-electron chi connectivity index (χ3n) is 5.85. The molecule has 33 heavy (non-hydrogen) atoms. The number of nitrogens with zero attached hydrogens (tertiary/aromatic N) is 1. The van der Waals surface area contributed by atoms with Crippen LogP contribution in [0.3, 0.4) is 0 Å². The van der Waals surface area contributed by atoms with E-state index in [1.165, 1.54) is 24.3 Å². The quantitative estimate of drug-likeness (QED) is 0.587. The van der Waals surface area contributed by atoms with Crippen molar-refractivity contribution >= 4 is 11.8 Å². The van der Waals surface area contributed by atoms with Crippen molar-refractivity contribution in [2.45, 2.75) is 18.5 Å². The molecule has 1 aliphatic rings. The molecule has 1 aliphatic heterocycles.